The smallest absolute Gasteiger partial charge is 0.240 e. The Bertz CT molecular complexity index is 3320. The van der Waals surface area contributed by atoms with Crippen LogP contribution in [0.3, 0.4) is 0 Å². The number of hydrogen-bond donors (Lipinski definition) is 0. The van der Waals surface area contributed by atoms with Gasteiger partial charge in [-0.1, -0.05) is 60.4 Å². The normalized spacial score (nSPS) is 12.3. The SMILES string of the molecule is C#CC#CCOc1cc2c(cc1C(=O)C#CC#C)-c1cc(OC#CC#CC)c(OC#CC#CC)cc1C21c2ccccc2-c2cc(-c3cc[c-]c(-c4ccccn4)c3)ccc21.[Ir]. The zero-order valence-corrected chi connectivity index (χ0v) is 35.6. The molecule has 2 aliphatic rings. The van der Waals surface area contributed by atoms with E-state index in [1.165, 1.54) is 0 Å². The number of fused-ring (bicyclic) bond motifs is 10. The molecule has 1 atom stereocenters. The summed E-state index contributed by atoms with van der Waals surface area (Å²) in [5, 5.41) is 0. The van der Waals surface area contributed by atoms with Crippen LogP contribution in [0.2, 0.25) is 0 Å². The summed E-state index contributed by atoms with van der Waals surface area (Å²) in [6.07, 6.45) is 18.0. The topological polar surface area (TPSA) is 57.7 Å². The van der Waals surface area contributed by atoms with Gasteiger partial charge in [0.25, 0.3) is 0 Å². The van der Waals surface area contributed by atoms with Gasteiger partial charge in [0.1, 0.15) is 24.6 Å². The van der Waals surface area contributed by atoms with Crippen molar-refractivity contribution in [3.05, 3.63) is 143 Å². The number of benzene rings is 5. The summed E-state index contributed by atoms with van der Waals surface area (Å²) < 4.78 is 18.3. The molecule has 5 nitrogen and oxygen atoms in total. The molecule has 0 bridgehead atoms. The molecule has 1 heterocycles. The monoisotopic (exact) mass is 971 g/mol. The van der Waals surface area contributed by atoms with Gasteiger partial charge in [-0.05, 0) is 153 Å². The maximum atomic E-state index is 13.8. The molecule has 0 aliphatic heterocycles. The number of aromatic nitrogens is 1. The van der Waals surface area contributed by atoms with Crippen molar-refractivity contribution >= 4 is 5.78 Å². The van der Waals surface area contributed by atoms with E-state index in [4.69, 9.17) is 27.1 Å². The number of terminal acetylenes is 2. The number of rotatable bonds is 7. The molecular formula is C56H28IrNO4-. The van der Waals surface area contributed by atoms with Crippen molar-refractivity contribution < 1.29 is 39.1 Å². The molecular weight excluding hydrogens is 943 g/mol. The largest absolute Gasteiger partial charge is 0.480 e. The number of Topliss-reactive ketones (excluding diaryl/α,β-unsaturated/α-hetero) is 1. The molecule has 6 heteroatoms. The maximum absolute atomic E-state index is 13.8. The molecule has 0 saturated heterocycles. The molecule has 1 radical (unpaired) electrons. The van der Waals surface area contributed by atoms with E-state index in [1.807, 2.05) is 60.7 Å². The number of nitrogens with zero attached hydrogens (tertiary/aromatic N) is 1. The van der Waals surface area contributed by atoms with Crippen LogP contribution in [0.4, 0.5) is 0 Å². The second-order valence-corrected chi connectivity index (χ2v) is 13.4. The molecule has 6 aromatic rings. The molecule has 0 saturated carbocycles. The van der Waals surface area contributed by atoms with Gasteiger partial charge in [0.15, 0.2) is 11.5 Å². The van der Waals surface area contributed by atoms with Gasteiger partial charge < -0.3 is 19.2 Å². The first kappa shape index (κ1) is 41.6. The Labute approximate surface area is 375 Å². The maximum Gasteiger partial charge on any atom is 0.240 e. The van der Waals surface area contributed by atoms with Gasteiger partial charge >= 0.3 is 0 Å². The first-order chi connectivity index (χ1) is 30.0. The quantitative estimate of drug-likeness (QED) is 0.0691. The van der Waals surface area contributed by atoms with E-state index < -0.39 is 11.2 Å². The van der Waals surface area contributed by atoms with Crippen LogP contribution in [-0.2, 0) is 25.5 Å². The number of carbonyl (C=O) groups excluding carboxylic acids is 1. The summed E-state index contributed by atoms with van der Waals surface area (Å²) in [6.45, 7) is 3.30. The minimum absolute atomic E-state index is 0. The van der Waals surface area contributed by atoms with Crippen LogP contribution in [0.5, 0.6) is 17.2 Å². The van der Waals surface area contributed by atoms with Crippen LogP contribution in [-0.4, -0.2) is 17.4 Å². The fourth-order valence-corrected chi connectivity index (χ4v) is 7.87. The van der Waals surface area contributed by atoms with E-state index in [0.717, 1.165) is 66.9 Å². The summed E-state index contributed by atoms with van der Waals surface area (Å²) >= 11 is 0. The van der Waals surface area contributed by atoms with E-state index in [0.29, 0.717) is 5.75 Å². The minimum Gasteiger partial charge on any atom is -0.480 e. The summed E-state index contributed by atoms with van der Waals surface area (Å²) in [6, 6.07) is 37.4. The van der Waals surface area contributed by atoms with Crippen LogP contribution < -0.4 is 14.2 Å². The molecule has 0 amide bonds. The summed E-state index contributed by atoms with van der Waals surface area (Å²) in [4.78, 5) is 18.3. The van der Waals surface area contributed by atoms with E-state index in [1.54, 1.807) is 26.1 Å². The molecule has 0 fully saturated rings. The van der Waals surface area contributed by atoms with Crippen molar-refractivity contribution in [2.24, 2.45) is 0 Å². The van der Waals surface area contributed by atoms with Crippen molar-refractivity contribution in [3.8, 4) is 158 Å². The van der Waals surface area contributed by atoms with Crippen LogP contribution in [0.15, 0.2) is 109 Å². The zero-order valence-electron chi connectivity index (χ0n) is 33.2. The third kappa shape index (κ3) is 7.58. The van der Waals surface area contributed by atoms with Gasteiger partial charge in [0, 0.05) is 38.1 Å². The third-order valence-electron chi connectivity index (χ3n) is 10.2. The number of carbonyl (C=O) groups is 1. The third-order valence-corrected chi connectivity index (χ3v) is 10.2. The molecule has 1 aromatic heterocycles. The molecule has 0 N–H and O–H groups in total. The second-order valence-electron chi connectivity index (χ2n) is 13.4. The van der Waals surface area contributed by atoms with Gasteiger partial charge in [-0.3, -0.25) is 4.79 Å². The fourth-order valence-electron chi connectivity index (χ4n) is 7.87. The van der Waals surface area contributed by atoms with Crippen molar-refractivity contribution in [1.82, 2.24) is 4.98 Å². The Morgan fingerprint density at radius 1 is 0.661 bits per heavy atom. The zero-order chi connectivity index (χ0) is 42.2. The summed E-state index contributed by atoms with van der Waals surface area (Å²) in [5.74, 6) is 31.5. The standard InChI is InChI=1S/C56H28NO4.Ir/c1-5-9-17-30-59-53-37-49-44(35-46(53)52(58)26-12-8-4)45-36-54(60-31-18-10-6-2)55(61-32-19-11-7-3)38-50(45)56(49)47-24-14-13-23-42(47)43-34-40(27-28-48(43)56)39-21-20-22-41(33-39)51-25-15-16-29-57-51;/h1,4,13-16,20-21,23-25,27-29,33-38H,30H2,2-3H3;/q-1;. The second kappa shape index (κ2) is 18.6. The van der Waals surface area contributed by atoms with E-state index in [9.17, 15) is 4.79 Å². The van der Waals surface area contributed by atoms with Crippen LogP contribution in [0.25, 0.3) is 44.6 Å². The van der Waals surface area contributed by atoms with Crippen molar-refractivity contribution in [2.45, 2.75) is 19.3 Å². The molecule has 62 heavy (non-hydrogen) atoms. The van der Waals surface area contributed by atoms with Crippen molar-refractivity contribution in [2.75, 3.05) is 6.61 Å². The number of ether oxygens (including phenoxy) is 3. The number of hydrogen-bond acceptors (Lipinski definition) is 5. The molecule has 8 rings (SSSR count). The van der Waals surface area contributed by atoms with Crippen LogP contribution in [0.1, 0.15) is 46.5 Å². The predicted octanol–water partition coefficient (Wildman–Crippen LogP) is 9.12. The Morgan fingerprint density at radius 2 is 1.32 bits per heavy atom. The van der Waals surface area contributed by atoms with E-state index in [-0.39, 0.29) is 43.8 Å². The molecule has 1 unspecified atom stereocenters. The first-order valence-electron chi connectivity index (χ1n) is 18.8. The molecule has 1 spiro atoms. The fraction of sp³-hybridized carbons (Fsp3) is 0.0714. The Hall–Kier alpha value is -8.55. The van der Waals surface area contributed by atoms with E-state index >= 15 is 0 Å². The Morgan fingerprint density at radius 3 is 2.05 bits per heavy atom. The Kier molecular flexibility index (Phi) is 12.5. The summed E-state index contributed by atoms with van der Waals surface area (Å²) in [7, 11) is 0. The average molecular weight is 971 g/mol. The summed E-state index contributed by atoms with van der Waals surface area (Å²) in [5.41, 5.74) is 10.2. The van der Waals surface area contributed by atoms with Gasteiger partial charge in [0.2, 0.25) is 5.78 Å². The van der Waals surface area contributed by atoms with Gasteiger partial charge in [-0.25, -0.2) is 0 Å². The first-order valence-corrected chi connectivity index (χ1v) is 18.8. The van der Waals surface area contributed by atoms with Gasteiger partial charge in [-0.2, -0.15) is 0 Å². The van der Waals surface area contributed by atoms with E-state index in [2.05, 4.69) is 131 Å². The molecule has 291 valence electrons. The average Bonchev–Trinajstić information content (AvgIpc) is 3.75. The van der Waals surface area contributed by atoms with Crippen molar-refractivity contribution in [1.29, 1.82) is 0 Å². The van der Waals surface area contributed by atoms with Crippen LogP contribution >= 0.6 is 0 Å². The number of pyridine rings is 1. The molecule has 2 aliphatic carbocycles. The van der Waals surface area contributed by atoms with Crippen molar-refractivity contribution in [3.63, 3.8) is 0 Å². The Balaban J connectivity index is 0.00000578. The molecule has 5 aromatic carbocycles. The minimum atomic E-state index is -0.958. The predicted molar refractivity (Wildman–Crippen MR) is 237 cm³/mol. The van der Waals surface area contributed by atoms with Gasteiger partial charge in [0.05, 0.1) is 11.0 Å². The van der Waals surface area contributed by atoms with Gasteiger partial charge in [-0.15, -0.1) is 48.2 Å². The van der Waals surface area contributed by atoms with Crippen LogP contribution in [0, 0.1) is 102 Å². The number of ketones is 1.